The molecule has 59 heavy (non-hydrogen) atoms. The number of hydrogen-bond donors (Lipinski definition) is 0. The van der Waals surface area contributed by atoms with Crippen molar-refractivity contribution < 1.29 is 9.31 Å². The number of nitrogens with zero attached hydrogens (tertiary/aromatic N) is 5. The first kappa shape index (κ1) is 40.0. The zero-order valence-corrected chi connectivity index (χ0v) is 35.7. The maximum Gasteiger partial charge on any atom is 0.209 e. The van der Waals surface area contributed by atoms with E-state index in [1.165, 1.54) is 50.6 Å². The lowest BCUT2D eigenvalue weighted by Crippen LogP contribution is -2.27. The summed E-state index contributed by atoms with van der Waals surface area (Å²) in [4.78, 5) is 14.1. The van der Waals surface area contributed by atoms with Gasteiger partial charge in [0.15, 0.2) is 5.71 Å². The molecule has 0 bridgehead atoms. The zero-order chi connectivity index (χ0) is 41.0. The van der Waals surface area contributed by atoms with E-state index in [1.54, 1.807) is 0 Å². The van der Waals surface area contributed by atoms with Gasteiger partial charge >= 0.3 is 0 Å². The van der Waals surface area contributed by atoms with Crippen molar-refractivity contribution in [2.24, 2.45) is 0 Å². The van der Waals surface area contributed by atoms with Crippen molar-refractivity contribution in [1.29, 1.82) is 0 Å². The minimum absolute atomic E-state index is 0.105. The lowest BCUT2D eigenvalue weighted by Gasteiger charge is -2.26. The highest BCUT2D eigenvalue weighted by molar-refractivity contribution is 6.03. The summed E-state index contributed by atoms with van der Waals surface area (Å²) in [6, 6.07) is 38.6. The first-order valence-corrected chi connectivity index (χ1v) is 21.4. The van der Waals surface area contributed by atoms with Crippen LogP contribution in [-0.4, -0.2) is 38.2 Å². The van der Waals surface area contributed by atoms with E-state index in [0.29, 0.717) is 0 Å². The lowest BCUT2D eigenvalue weighted by atomic mass is 9.81. The number of para-hydroxylation sites is 2. The maximum atomic E-state index is 7.06. The van der Waals surface area contributed by atoms with Crippen molar-refractivity contribution in [3.05, 3.63) is 197 Å². The lowest BCUT2D eigenvalue weighted by molar-refractivity contribution is -0.433. The molecular weight excluding hydrogens is 723 g/mol. The molecule has 0 amide bonds. The molecule has 3 aliphatic rings. The van der Waals surface area contributed by atoms with Crippen molar-refractivity contribution in [3.63, 3.8) is 0 Å². The fraction of sp³-hybridized carbons (Fsp3) is 0.302. The molecule has 0 saturated carbocycles. The first-order chi connectivity index (χ1) is 28.7. The topological polar surface area (TPSA) is 44.5 Å². The maximum absolute atomic E-state index is 7.06. The van der Waals surface area contributed by atoms with Crippen LogP contribution in [0, 0.1) is 0 Å². The van der Waals surface area contributed by atoms with Gasteiger partial charge in [-0.25, -0.2) is 0 Å². The van der Waals surface area contributed by atoms with Gasteiger partial charge in [-0.2, -0.15) is 4.58 Å². The van der Waals surface area contributed by atoms with Gasteiger partial charge in [0.05, 0.1) is 16.8 Å². The third-order valence-electron chi connectivity index (χ3n) is 12.4. The predicted octanol–water partition coefficient (Wildman–Crippen LogP) is 11.8. The second-order valence-electron chi connectivity index (χ2n) is 17.0. The number of rotatable bonds is 13. The standard InChI is InChI=1S/C53H58N5O/c1-7-57-47-24-11-9-22-45(47)52(3,4)49(57)32-28-40-18-17-19-41(29-33-50-53(5,6)46-23-10-12-25-48(46)58(50)8-2)51(40)59-44-30-26-39(27-31-44)36-56(37-42-20-13-15-34-54-42)38-43-21-14-16-35-55-43/h9-16,20-35H,7-8,17-19,36-38H2,1-6H3/q+1. The fourth-order valence-electron chi connectivity index (χ4n) is 9.32. The molecule has 1 aliphatic carbocycles. The van der Waals surface area contributed by atoms with Crippen molar-refractivity contribution >= 4 is 17.1 Å². The molecule has 0 saturated heterocycles. The van der Waals surface area contributed by atoms with E-state index < -0.39 is 0 Å². The predicted molar refractivity (Wildman–Crippen MR) is 242 cm³/mol. The van der Waals surface area contributed by atoms with Crippen LogP contribution in [0.25, 0.3) is 0 Å². The van der Waals surface area contributed by atoms with Crippen LogP contribution < -0.4 is 9.64 Å². The van der Waals surface area contributed by atoms with Gasteiger partial charge in [-0.1, -0.05) is 80.6 Å². The first-order valence-electron chi connectivity index (χ1n) is 21.4. The Hall–Kier alpha value is -5.85. The number of allylic oxidation sites excluding steroid dienone is 7. The summed E-state index contributed by atoms with van der Waals surface area (Å²) in [7, 11) is 0. The van der Waals surface area contributed by atoms with Gasteiger partial charge in [-0.05, 0) is 124 Å². The van der Waals surface area contributed by atoms with Gasteiger partial charge in [0.2, 0.25) is 5.69 Å². The van der Waals surface area contributed by atoms with Crippen molar-refractivity contribution in [3.8, 4) is 5.75 Å². The van der Waals surface area contributed by atoms with Crippen LogP contribution in [-0.2, 0) is 30.5 Å². The summed E-state index contributed by atoms with van der Waals surface area (Å²) in [5.41, 5.74) is 13.6. The summed E-state index contributed by atoms with van der Waals surface area (Å²) >= 11 is 0. The summed E-state index contributed by atoms with van der Waals surface area (Å²) in [6.07, 6.45) is 16.1. The normalized spacial score (nSPS) is 18.4. The number of aromatic nitrogens is 2. The Bertz CT molecular complexity index is 2400. The largest absolute Gasteiger partial charge is 0.457 e. The molecule has 0 N–H and O–H groups in total. The van der Waals surface area contributed by atoms with Crippen LogP contribution in [0.5, 0.6) is 5.75 Å². The Morgan fingerprint density at radius 1 is 0.695 bits per heavy atom. The van der Waals surface area contributed by atoms with Gasteiger partial charge in [-0.15, -0.1) is 0 Å². The van der Waals surface area contributed by atoms with Crippen molar-refractivity contribution in [2.75, 3.05) is 18.0 Å². The highest BCUT2D eigenvalue weighted by atomic mass is 16.5. The molecule has 6 nitrogen and oxygen atoms in total. The van der Waals surface area contributed by atoms with Crippen LogP contribution in [0.4, 0.5) is 11.4 Å². The Morgan fingerprint density at radius 2 is 1.36 bits per heavy atom. The minimum atomic E-state index is -0.105. The van der Waals surface area contributed by atoms with Gasteiger partial charge in [0, 0.05) is 73.1 Å². The summed E-state index contributed by atoms with van der Waals surface area (Å²) in [5, 5.41) is 0. The molecule has 0 spiro atoms. The molecule has 0 fully saturated rings. The number of hydrogen-bond acceptors (Lipinski definition) is 5. The van der Waals surface area contributed by atoms with Crippen molar-refractivity contribution in [2.45, 2.75) is 91.3 Å². The van der Waals surface area contributed by atoms with Crippen LogP contribution in [0.15, 0.2) is 168 Å². The number of ether oxygens (including phenoxy) is 1. The average Bonchev–Trinajstić information content (AvgIpc) is 3.61. The van der Waals surface area contributed by atoms with E-state index >= 15 is 0 Å². The summed E-state index contributed by atoms with van der Waals surface area (Å²) < 4.78 is 9.53. The zero-order valence-electron chi connectivity index (χ0n) is 35.7. The van der Waals surface area contributed by atoms with E-state index in [0.717, 1.165) is 74.9 Å². The SMILES string of the molecule is CCN1/C(=C\C=C2/CCCC(/C=C/C3=[N+](CC)c4ccccc4C3(C)C)=C2Oc2ccc(CN(Cc3ccccn3)Cc3ccccn3)cc2)C(C)(C)c2ccccc21. The number of pyridine rings is 2. The smallest absolute Gasteiger partial charge is 0.209 e. The van der Waals surface area contributed by atoms with Crippen LogP contribution in [0.3, 0.4) is 0 Å². The molecule has 2 aliphatic heterocycles. The number of likely N-dealkylation sites (N-methyl/N-ethyl adjacent to an activating group) is 1. The van der Waals surface area contributed by atoms with E-state index in [1.807, 2.05) is 24.5 Å². The quantitative estimate of drug-likeness (QED) is 0.111. The molecular formula is C53H58N5O+. The molecule has 5 aromatic rings. The van der Waals surface area contributed by atoms with E-state index in [2.05, 4.69) is 187 Å². The molecule has 4 heterocycles. The Morgan fingerprint density at radius 3 is 2.02 bits per heavy atom. The Balaban J connectivity index is 1.13. The molecule has 0 atom stereocenters. The van der Waals surface area contributed by atoms with Crippen molar-refractivity contribution in [1.82, 2.24) is 14.9 Å². The number of anilines is 1. The second kappa shape index (κ2) is 17.2. The average molecular weight is 781 g/mol. The highest BCUT2D eigenvalue weighted by Gasteiger charge is 2.43. The second-order valence-corrected chi connectivity index (χ2v) is 17.0. The van der Waals surface area contributed by atoms with Gasteiger partial charge in [0.25, 0.3) is 0 Å². The van der Waals surface area contributed by atoms with Gasteiger partial charge in [-0.3, -0.25) is 14.9 Å². The minimum Gasteiger partial charge on any atom is -0.457 e. The van der Waals surface area contributed by atoms with Gasteiger partial charge in [0.1, 0.15) is 18.1 Å². The highest BCUT2D eigenvalue weighted by Crippen LogP contribution is 2.48. The van der Waals surface area contributed by atoms with Crippen LogP contribution in [0.2, 0.25) is 0 Å². The number of fused-ring (bicyclic) bond motifs is 2. The molecule has 2 aromatic heterocycles. The van der Waals surface area contributed by atoms with Crippen LogP contribution >= 0.6 is 0 Å². The third kappa shape index (κ3) is 8.24. The molecule has 300 valence electrons. The van der Waals surface area contributed by atoms with E-state index in [9.17, 15) is 0 Å². The molecule has 6 heteroatoms. The molecule has 0 unspecified atom stereocenters. The monoisotopic (exact) mass is 780 g/mol. The molecule has 0 radical (unpaired) electrons. The molecule has 8 rings (SSSR count). The van der Waals surface area contributed by atoms with Gasteiger partial charge < -0.3 is 9.64 Å². The Labute approximate surface area is 351 Å². The third-order valence-corrected chi connectivity index (χ3v) is 12.4. The summed E-state index contributed by atoms with van der Waals surface area (Å²) in [6.45, 7) is 18.0. The fourth-order valence-corrected chi connectivity index (χ4v) is 9.32. The van der Waals surface area contributed by atoms with E-state index in [4.69, 9.17) is 4.74 Å². The molecule has 3 aromatic carbocycles. The van der Waals surface area contributed by atoms with Crippen LogP contribution in [0.1, 0.15) is 88.9 Å². The number of benzene rings is 3. The Kier molecular flexibility index (Phi) is 11.6. The summed E-state index contributed by atoms with van der Waals surface area (Å²) in [5.74, 6) is 1.81. The van der Waals surface area contributed by atoms with E-state index in [-0.39, 0.29) is 10.8 Å².